The van der Waals surface area contributed by atoms with Crippen molar-refractivity contribution >= 4 is 0 Å². The minimum absolute atomic E-state index is 0.0163. The summed E-state index contributed by atoms with van der Waals surface area (Å²) in [5.74, 6) is 1.25. The van der Waals surface area contributed by atoms with Crippen LogP contribution in [0.1, 0.15) is 106 Å². The summed E-state index contributed by atoms with van der Waals surface area (Å²) in [5, 5.41) is 43.4. The van der Waals surface area contributed by atoms with E-state index in [4.69, 9.17) is 18.9 Å². The summed E-state index contributed by atoms with van der Waals surface area (Å²) >= 11 is 0. The van der Waals surface area contributed by atoms with E-state index in [9.17, 15) is 33.6 Å². The molecule has 15 atom stereocenters. The normalized spacial score (nSPS) is 48.7. The molecule has 9 nitrogen and oxygen atoms in total. The first-order valence-corrected chi connectivity index (χ1v) is 18.5. The first kappa shape index (κ1) is 36.4. The molecule has 49 heavy (non-hydrogen) atoms. The van der Waals surface area contributed by atoms with Crippen LogP contribution in [0.25, 0.3) is 0 Å². The number of rotatable bonds is 7. The molecule has 0 aromatic rings. The molecule has 12 heteroatoms. The monoisotopic (exact) mass is 702 g/mol. The Morgan fingerprint density at radius 1 is 0.939 bits per heavy atom. The number of fused-ring (bicyclic) bond motifs is 3. The maximum Gasteiger partial charge on any atom is 0.524 e. The van der Waals surface area contributed by atoms with Crippen molar-refractivity contribution in [2.45, 2.75) is 167 Å². The molecule has 0 aromatic heterocycles. The highest BCUT2D eigenvalue weighted by atomic mass is 19.4. The van der Waals surface area contributed by atoms with Crippen LogP contribution in [0.4, 0.5) is 13.2 Å². The van der Waals surface area contributed by atoms with Crippen LogP contribution in [0.3, 0.4) is 0 Å². The van der Waals surface area contributed by atoms with Gasteiger partial charge in [0.2, 0.25) is 0 Å². The van der Waals surface area contributed by atoms with Gasteiger partial charge in [-0.05, 0) is 117 Å². The van der Waals surface area contributed by atoms with Gasteiger partial charge < -0.3 is 39.4 Å². The Morgan fingerprint density at radius 2 is 1.65 bits per heavy atom. The summed E-state index contributed by atoms with van der Waals surface area (Å²) < 4.78 is 67.6. The lowest BCUT2D eigenvalue weighted by atomic mass is 9.46. The van der Waals surface area contributed by atoms with E-state index in [1.165, 1.54) is 13.8 Å². The van der Waals surface area contributed by atoms with Crippen LogP contribution in [-0.4, -0.2) is 88.2 Å². The van der Waals surface area contributed by atoms with Crippen molar-refractivity contribution in [1.82, 2.24) is 0 Å². The second kappa shape index (κ2) is 11.8. The van der Waals surface area contributed by atoms with Gasteiger partial charge in [0.05, 0.1) is 24.4 Å². The molecule has 4 saturated carbocycles. The van der Waals surface area contributed by atoms with Gasteiger partial charge in [0.1, 0.15) is 30.2 Å². The minimum atomic E-state index is -4.89. The van der Waals surface area contributed by atoms with E-state index < -0.39 is 55.1 Å². The van der Waals surface area contributed by atoms with Gasteiger partial charge >= 0.3 is 6.36 Å². The van der Waals surface area contributed by atoms with Gasteiger partial charge in [-0.2, -0.15) is 0 Å². The first-order chi connectivity index (χ1) is 22.6. The Labute approximate surface area is 287 Å². The SMILES string of the molecule is C[C@H](O[C@@H]([C@H]1C[C@@H](C)C2=C(O1)[C@H](O)C1[C@@H]3CCC4C(C)(C)[C@@H](OC5C[C@@H](O)[C@H](O)CO5)CC[C@@]45C[C@@]35CC[C@]21C)C(C)(C)O)OC(F)(F)F. The van der Waals surface area contributed by atoms with E-state index in [2.05, 4.69) is 32.4 Å². The lowest BCUT2D eigenvalue weighted by molar-refractivity contribution is -0.387. The van der Waals surface area contributed by atoms with Crippen LogP contribution in [0.15, 0.2) is 11.3 Å². The Balaban J connectivity index is 1.10. The predicted octanol–water partition coefficient (Wildman–Crippen LogP) is 5.57. The zero-order valence-corrected chi connectivity index (χ0v) is 30.0. The molecule has 0 radical (unpaired) electrons. The lowest BCUT2D eigenvalue weighted by Gasteiger charge is -2.60. The van der Waals surface area contributed by atoms with E-state index >= 15 is 0 Å². The smallest absolute Gasteiger partial charge is 0.489 e. The Morgan fingerprint density at radius 3 is 2.31 bits per heavy atom. The van der Waals surface area contributed by atoms with Crippen molar-refractivity contribution in [2.75, 3.05) is 6.61 Å². The summed E-state index contributed by atoms with van der Waals surface area (Å²) in [6.07, 6.45) is -3.73. The van der Waals surface area contributed by atoms with Gasteiger partial charge in [0, 0.05) is 12.3 Å². The van der Waals surface area contributed by atoms with Gasteiger partial charge in [-0.25, -0.2) is 0 Å². The van der Waals surface area contributed by atoms with Crippen molar-refractivity contribution in [3.63, 3.8) is 0 Å². The van der Waals surface area contributed by atoms with Crippen molar-refractivity contribution in [1.29, 1.82) is 0 Å². The number of halogens is 3. The highest BCUT2D eigenvalue weighted by molar-refractivity contribution is 5.39. The number of hydrogen-bond acceptors (Lipinski definition) is 9. The van der Waals surface area contributed by atoms with Crippen molar-refractivity contribution in [2.24, 2.45) is 45.3 Å². The van der Waals surface area contributed by atoms with E-state index in [-0.39, 0.29) is 52.6 Å². The molecule has 0 aromatic carbocycles. The molecule has 0 bridgehead atoms. The topological polar surface area (TPSA) is 127 Å². The van der Waals surface area contributed by atoms with Crippen LogP contribution in [0, 0.1) is 45.3 Å². The zero-order chi connectivity index (χ0) is 35.7. The predicted molar refractivity (Wildman–Crippen MR) is 170 cm³/mol. The van der Waals surface area contributed by atoms with Crippen LogP contribution >= 0.6 is 0 Å². The van der Waals surface area contributed by atoms with Gasteiger partial charge in [-0.1, -0.05) is 27.7 Å². The highest BCUT2D eigenvalue weighted by Crippen LogP contribution is 2.87. The zero-order valence-electron chi connectivity index (χ0n) is 30.0. The summed E-state index contributed by atoms with van der Waals surface area (Å²) in [6.45, 7) is 13.2. The minimum Gasteiger partial charge on any atom is -0.489 e. The van der Waals surface area contributed by atoms with Crippen LogP contribution < -0.4 is 0 Å². The van der Waals surface area contributed by atoms with Crippen LogP contribution in [0.2, 0.25) is 0 Å². The van der Waals surface area contributed by atoms with Crippen molar-refractivity contribution < 1.29 is 57.3 Å². The molecule has 280 valence electrons. The largest absolute Gasteiger partial charge is 0.524 e. The summed E-state index contributed by atoms with van der Waals surface area (Å²) in [5.41, 5.74) is -0.481. The molecule has 3 unspecified atom stereocenters. The fraction of sp³-hybridized carbons (Fsp3) is 0.946. The molecule has 5 fully saturated rings. The third-order valence-corrected chi connectivity index (χ3v) is 14.6. The quantitative estimate of drug-likeness (QED) is 0.199. The molecule has 2 spiro atoms. The third-order valence-electron chi connectivity index (χ3n) is 14.6. The van der Waals surface area contributed by atoms with Crippen molar-refractivity contribution in [3.8, 4) is 0 Å². The summed E-state index contributed by atoms with van der Waals surface area (Å²) in [7, 11) is 0. The summed E-state index contributed by atoms with van der Waals surface area (Å²) in [4.78, 5) is 0. The fourth-order valence-electron chi connectivity index (χ4n) is 12.8. The van der Waals surface area contributed by atoms with Gasteiger partial charge in [0.15, 0.2) is 12.6 Å². The average molecular weight is 703 g/mol. The molecule has 5 aliphatic carbocycles. The van der Waals surface area contributed by atoms with Gasteiger partial charge in [-0.3, -0.25) is 4.74 Å². The second-order valence-corrected chi connectivity index (χ2v) is 18.1. The molecule has 0 amide bonds. The van der Waals surface area contributed by atoms with E-state index in [1.807, 2.05) is 0 Å². The maximum absolute atomic E-state index is 13.0. The summed E-state index contributed by atoms with van der Waals surface area (Å²) in [6, 6.07) is 0. The third kappa shape index (κ3) is 5.63. The second-order valence-electron chi connectivity index (χ2n) is 18.1. The number of alkyl halides is 3. The van der Waals surface area contributed by atoms with Crippen LogP contribution in [0.5, 0.6) is 0 Å². The Bertz CT molecular complexity index is 1310. The Hall–Kier alpha value is -0.990. The van der Waals surface area contributed by atoms with E-state index in [0.717, 1.165) is 57.4 Å². The molecule has 2 heterocycles. The standard InChI is InChI=1S/C37H57F3O9/c1-18-14-23(31(33(5,6)44)46-19(2)49-37(38,39)40)47-30-27(18)34(7)12-13-35-17-36(35)11-10-25(48-26-15-21(41)22(42)16-45-26)32(3,4)24(36)9-8-20(35)28(34)29(30)43/h18-26,28-29,31,41-44H,8-17H2,1-7H3/t18-,19-,20+,21-,22-,23-,24?,25+,26?,28?,29-,31+,34-,35+,36-/m1/s1. The number of allylic oxidation sites excluding steroid dienone is 1. The van der Waals surface area contributed by atoms with E-state index in [1.54, 1.807) is 0 Å². The number of aliphatic hydroxyl groups is 4. The number of ether oxygens (including phenoxy) is 5. The lowest BCUT2D eigenvalue weighted by Crippen LogP contribution is -2.56. The van der Waals surface area contributed by atoms with Gasteiger partial charge in [0.25, 0.3) is 0 Å². The van der Waals surface area contributed by atoms with Crippen LogP contribution in [-0.2, 0) is 23.7 Å². The number of hydrogen-bond donors (Lipinski definition) is 4. The molecule has 7 rings (SSSR count). The first-order valence-electron chi connectivity index (χ1n) is 18.5. The molecule has 2 aliphatic heterocycles. The molecule has 1 saturated heterocycles. The maximum atomic E-state index is 13.0. The fourth-order valence-corrected chi connectivity index (χ4v) is 12.8. The van der Waals surface area contributed by atoms with Crippen molar-refractivity contribution in [3.05, 3.63) is 11.3 Å². The van der Waals surface area contributed by atoms with Gasteiger partial charge in [-0.15, -0.1) is 13.2 Å². The molecule has 7 aliphatic rings. The average Bonchev–Trinajstić information content (AvgIpc) is 3.58. The molecule has 4 N–H and O–H groups in total. The van der Waals surface area contributed by atoms with E-state index in [0.29, 0.717) is 24.0 Å². The number of aliphatic hydroxyl groups excluding tert-OH is 3. The molecular formula is C37H57F3O9. The Kier molecular flexibility index (Phi) is 8.73. The highest BCUT2D eigenvalue weighted by Gasteiger charge is 2.81. The molecular weight excluding hydrogens is 645 g/mol.